The minimum Gasteiger partial charge on any atom is -0.504 e. The maximum absolute atomic E-state index is 10.2. The van der Waals surface area contributed by atoms with E-state index in [1.54, 1.807) is 12.3 Å². The Kier molecular flexibility index (Phi) is 14.2. The predicted octanol–water partition coefficient (Wildman–Crippen LogP) is 7.84. The first kappa shape index (κ1) is 24.3. The second-order valence-electron chi connectivity index (χ2n) is 7.99. The molecule has 0 amide bonds. The summed E-state index contributed by atoms with van der Waals surface area (Å²) in [6, 6.07) is 3.70. The Morgan fingerprint density at radius 1 is 0.750 bits per heavy atom. The third kappa shape index (κ3) is 10.0. The Hall–Kier alpha value is -1.69. The molecule has 0 unspecified atom stereocenters. The number of aryl methyl sites for hydroxylation is 1. The van der Waals surface area contributed by atoms with Gasteiger partial charge in [-0.2, -0.15) is 0 Å². The second kappa shape index (κ2) is 16.3. The van der Waals surface area contributed by atoms with E-state index in [0.29, 0.717) is 5.75 Å². The standard InChI is InChI=1S/C25H41NO2/c1-3-5-7-9-11-13-15-17-22-19-20-24(27)25(28-21-26)23(22)18-16-14-12-10-8-6-4-2/h19-20,27H,3-18H2,1-2H3. The molecule has 0 fully saturated rings. The van der Waals surface area contributed by atoms with Gasteiger partial charge in [-0.25, -0.2) is 0 Å². The van der Waals surface area contributed by atoms with Gasteiger partial charge in [-0.3, -0.25) is 0 Å². The average molecular weight is 388 g/mol. The van der Waals surface area contributed by atoms with Crippen LogP contribution in [0.25, 0.3) is 0 Å². The minimum absolute atomic E-state index is 0.0859. The molecule has 0 aromatic heterocycles. The van der Waals surface area contributed by atoms with Gasteiger partial charge in [-0.1, -0.05) is 97.0 Å². The van der Waals surface area contributed by atoms with Crippen LogP contribution in [0.2, 0.25) is 0 Å². The molecule has 1 aromatic rings. The number of hydrogen-bond donors (Lipinski definition) is 1. The quantitative estimate of drug-likeness (QED) is 0.219. The van der Waals surface area contributed by atoms with Crippen molar-refractivity contribution in [2.45, 2.75) is 117 Å². The number of benzene rings is 1. The van der Waals surface area contributed by atoms with Crippen molar-refractivity contribution in [2.24, 2.45) is 0 Å². The van der Waals surface area contributed by atoms with Gasteiger partial charge in [-0.15, -0.1) is 5.26 Å². The molecule has 0 aliphatic rings. The monoisotopic (exact) mass is 387 g/mol. The number of phenolic OH excluding ortho intramolecular Hbond substituents is 1. The number of aromatic hydroxyl groups is 1. The number of phenols is 1. The highest BCUT2D eigenvalue weighted by atomic mass is 16.5. The zero-order valence-corrected chi connectivity index (χ0v) is 18.3. The van der Waals surface area contributed by atoms with Crippen molar-refractivity contribution < 1.29 is 9.84 Å². The first-order valence-electron chi connectivity index (χ1n) is 11.6. The van der Waals surface area contributed by atoms with Gasteiger partial charge in [0.1, 0.15) is 0 Å². The Balaban J connectivity index is 2.55. The molecule has 0 spiro atoms. The highest BCUT2D eigenvalue weighted by Crippen LogP contribution is 2.35. The van der Waals surface area contributed by atoms with Crippen molar-refractivity contribution in [3.05, 3.63) is 23.3 Å². The lowest BCUT2D eigenvalue weighted by atomic mass is 9.95. The van der Waals surface area contributed by atoms with Crippen LogP contribution in [0.1, 0.15) is 115 Å². The zero-order chi connectivity index (χ0) is 20.5. The molecule has 1 aromatic carbocycles. The third-order valence-corrected chi connectivity index (χ3v) is 5.56. The fourth-order valence-electron chi connectivity index (χ4n) is 3.86. The van der Waals surface area contributed by atoms with Crippen LogP contribution in [-0.2, 0) is 12.8 Å². The van der Waals surface area contributed by atoms with E-state index >= 15 is 0 Å². The van der Waals surface area contributed by atoms with Crippen LogP contribution in [0.3, 0.4) is 0 Å². The molecule has 0 heterocycles. The number of nitriles is 1. The lowest BCUT2D eigenvalue weighted by Crippen LogP contribution is -2.00. The molecule has 3 heteroatoms. The fraction of sp³-hybridized carbons (Fsp3) is 0.720. The van der Waals surface area contributed by atoms with E-state index in [1.165, 1.54) is 82.6 Å². The van der Waals surface area contributed by atoms with Crippen molar-refractivity contribution in [1.82, 2.24) is 0 Å². The molecule has 0 bridgehead atoms. The maximum atomic E-state index is 10.2. The van der Waals surface area contributed by atoms with E-state index in [9.17, 15) is 5.11 Å². The van der Waals surface area contributed by atoms with Crippen molar-refractivity contribution >= 4 is 0 Å². The third-order valence-electron chi connectivity index (χ3n) is 5.56. The summed E-state index contributed by atoms with van der Waals surface area (Å²) in [6.07, 6.45) is 21.4. The number of unbranched alkanes of at least 4 members (excludes halogenated alkanes) is 12. The van der Waals surface area contributed by atoms with E-state index in [0.717, 1.165) is 31.2 Å². The summed E-state index contributed by atoms with van der Waals surface area (Å²) in [4.78, 5) is 0. The van der Waals surface area contributed by atoms with E-state index in [2.05, 4.69) is 13.8 Å². The van der Waals surface area contributed by atoms with Gasteiger partial charge < -0.3 is 9.84 Å². The van der Waals surface area contributed by atoms with Crippen LogP contribution in [0.5, 0.6) is 11.5 Å². The molecule has 0 saturated carbocycles. The SMILES string of the molecule is CCCCCCCCCc1ccc(O)c(OC#N)c1CCCCCCCCC. The highest BCUT2D eigenvalue weighted by molar-refractivity contribution is 5.50. The highest BCUT2D eigenvalue weighted by Gasteiger charge is 2.15. The molecule has 0 radical (unpaired) electrons. The van der Waals surface area contributed by atoms with E-state index in [4.69, 9.17) is 10.00 Å². The van der Waals surface area contributed by atoms with Gasteiger partial charge in [-0.05, 0) is 37.3 Å². The fourth-order valence-corrected chi connectivity index (χ4v) is 3.86. The smallest absolute Gasteiger partial charge is 0.292 e. The summed E-state index contributed by atoms with van der Waals surface area (Å²) in [6.45, 7) is 4.49. The second-order valence-corrected chi connectivity index (χ2v) is 7.99. The van der Waals surface area contributed by atoms with Crippen molar-refractivity contribution in [1.29, 1.82) is 5.26 Å². The average Bonchev–Trinajstić information content (AvgIpc) is 2.70. The predicted molar refractivity (Wildman–Crippen MR) is 118 cm³/mol. The largest absolute Gasteiger partial charge is 0.504 e. The van der Waals surface area contributed by atoms with Gasteiger partial charge in [0, 0.05) is 5.56 Å². The summed E-state index contributed by atoms with van der Waals surface area (Å²) in [5.74, 6) is 0.469. The Bertz CT molecular complexity index is 562. The van der Waals surface area contributed by atoms with Crippen molar-refractivity contribution in [3.8, 4) is 17.8 Å². The van der Waals surface area contributed by atoms with Crippen molar-refractivity contribution in [2.75, 3.05) is 0 Å². The van der Waals surface area contributed by atoms with Gasteiger partial charge in [0.2, 0.25) is 0 Å². The molecule has 0 atom stereocenters. The van der Waals surface area contributed by atoms with Gasteiger partial charge in [0.05, 0.1) is 0 Å². The molecule has 0 aliphatic heterocycles. The molecule has 0 aliphatic carbocycles. The number of hydrogen-bond acceptors (Lipinski definition) is 3. The maximum Gasteiger partial charge on any atom is 0.292 e. The zero-order valence-electron chi connectivity index (χ0n) is 18.3. The first-order valence-corrected chi connectivity index (χ1v) is 11.6. The molecule has 3 nitrogen and oxygen atoms in total. The summed E-state index contributed by atoms with van der Waals surface area (Å²) in [7, 11) is 0. The van der Waals surface area contributed by atoms with Crippen LogP contribution in [-0.4, -0.2) is 5.11 Å². The minimum atomic E-state index is 0.0859. The topological polar surface area (TPSA) is 53.2 Å². The molecule has 28 heavy (non-hydrogen) atoms. The number of nitrogens with zero attached hydrogens (tertiary/aromatic N) is 1. The van der Waals surface area contributed by atoms with Crippen LogP contribution in [0, 0.1) is 11.5 Å². The van der Waals surface area contributed by atoms with Crippen LogP contribution in [0.15, 0.2) is 12.1 Å². The van der Waals surface area contributed by atoms with Crippen LogP contribution < -0.4 is 4.74 Å². The molecule has 1 rings (SSSR count). The molecular formula is C25H41NO2. The molecule has 1 N–H and O–H groups in total. The van der Waals surface area contributed by atoms with Gasteiger partial charge in [0.15, 0.2) is 11.5 Å². The lowest BCUT2D eigenvalue weighted by Gasteiger charge is -2.14. The first-order chi connectivity index (χ1) is 13.7. The Morgan fingerprint density at radius 3 is 1.79 bits per heavy atom. The summed E-state index contributed by atoms with van der Waals surface area (Å²) in [5, 5.41) is 19.1. The molecule has 158 valence electrons. The summed E-state index contributed by atoms with van der Waals surface area (Å²) < 4.78 is 5.15. The van der Waals surface area contributed by atoms with Gasteiger partial charge in [0.25, 0.3) is 6.26 Å². The summed E-state index contributed by atoms with van der Waals surface area (Å²) in [5.41, 5.74) is 2.28. The van der Waals surface area contributed by atoms with E-state index in [1.807, 2.05) is 6.07 Å². The van der Waals surface area contributed by atoms with Crippen molar-refractivity contribution in [3.63, 3.8) is 0 Å². The van der Waals surface area contributed by atoms with Crippen LogP contribution in [0.4, 0.5) is 0 Å². The molecule has 0 saturated heterocycles. The lowest BCUT2D eigenvalue weighted by molar-refractivity contribution is 0.415. The van der Waals surface area contributed by atoms with E-state index in [-0.39, 0.29) is 5.75 Å². The Morgan fingerprint density at radius 2 is 1.25 bits per heavy atom. The van der Waals surface area contributed by atoms with E-state index < -0.39 is 0 Å². The van der Waals surface area contributed by atoms with Crippen LogP contribution >= 0.6 is 0 Å². The normalized spacial score (nSPS) is 10.8. The Labute approximate surface area is 173 Å². The number of ether oxygens (including phenoxy) is 1. The summed E-state index contributed by atoms with van der Waals surface area (Å²) >= 11 is 0. The molecular weight excluding hydrogens is 346 g/mol. The number of rotatable bonds is 17. The van der Waals surface area contributed by atoms with Gasteiger partial charge >= 0.3 is 0 Å².